The molecule has 0 aliphatic rings. The average Bonchev–Trinajstić information content (AvgIpc) is 2.65. The van der Waals surface area contributed by atoms with E-state index < -0.39 is 11.6 Å². The molecule has 5 nitrogen and oxygen atoms in total. The van der Waals surface area contributed by atoms with E-state index in [0.717, 1.165) is 4.90 Å². The van der Waals surface area contributed by atoms with Crippen molar-refractivity contribution in [2.24, 2.45) is 0 Å². The zero-order chi connectivity index (χ0) is 19.1. The van der Waals surface area contributed by atoms with Gasteiger partial charge in [0.15, 0.2) is 11.6 Å². The van der Waals surface area contributed by atoms with E-state index in [1.807, 2.05) is 0 Å². The van der Waals surface area contributed by atoms with Gasteiger partial charge in [0, 0.05) is 18.2 Å². The van der Waals surface area contributed by atoms with Crippen LogP contribution in [0.4, 0.5) is 14.5 Å². The highest BCUT2D eigenvalue weighted by Crippen LogP contribution is 2.32. The Morgan fingerprint density at radius 1 is 1.12 bits per heavy atom. The van der Waals surface area contributed by atoms with Crippen molar-refractivity contribution in [1.82, 2.24) is 5.32 Å². The number of aliphatic hydroxyl groups excluding tert-OH is 1. The number of rotatable bonds is 9. The Labute approximate surface area is 150 Å². The van der Waals surface area contributed by atoms with E-state index in [0.29, 0.717) is 30.4 Å². The van der Waals surface area contributed by atoms with Crippen molar-refractivity contribution >= 4 is 18.5 Å². The molecule has 0 aromatic heterocycles. The number of carbonyl (C=O) groups is 2. The molecular formula is C19H20F2N2O3. The molecule has 1 unspecified atom stereocenters. The van der Waals surface area contributed by atoms with Crippen LogP contribution in [-0.2, 0) is 16.2 Å². The number of benzene rings is 2. The summed E-state index contributed by atoms with van der Waals surface area (Å²) in [6.07, 6.45) is 1.35. The van der Waals surface area contributed by atoms with Crippen LogP contribution in [0.2, 0.25) is 0 Å². The van der Waals surface area contributed by atoms with E-state index in [-0.39, 0.29) is 30.4 Å². The quantitative estimate of drug-likeness (QED) is 0.674. The van der Waals surface area contributed by atoms with Crippen LogP contribution >= 0.6 is 0 Å². The van der Waals surface area contributed by atoms with Gasteiger partial charge in [-0.25, -0.2) is 8.78 Å². The van der Waals surface area contributed by atoms with Crippen molar-refractivity contribution < 1.29 is 23.5 Å². The van der Waals surface area contributed by atoms with Crippen LogP contribution in [0.3, 0.4) is 0 Å². The molecule has 0 aliphatic heterocycles. The molecule has 0 fully saturated rings. The monoisotopic (exact) mass is 362 g/mol. The van der Waals surface area contributed by atoms with Crippen molar-refractivity contribution in [2.75, 3.05) is 11.4 Å². The third-order valence-electron chi connectivity index (χ3n) is 4.13. The van der Waals surface area contributed by atoms with E-state index in [4.69, 9.17) is 0 Å². The molecule has 0 heterocycles. The summed E-state index contributed by atoms with van der Waals surface area (Å²) in [7, 11) is 0. The number of nitrogens with zero attached hydrogens (tertiary/aromatic N) is 1. The highest BCUT2D eigenvalue weighted by atomic mass is 19.2. The average molecular weight is 362 g/mol. The van der Waals surface area contributed by atoms with Gasteiger partial charge in [0.25, 0.3) is 0 Å². The summed E-state index contributed by atoms with van der Waals surface area (Å²) in [6.45, 7) is 1.55. The molecule has 1 atom stereocenters. The molecule has 0 bridgehead atoms. The topological polar surface area (TPSA) is 69.6 Å². The largest absolute Gasteiger partial charge is 0.392 e. The van der Waals surface area contributed by atoms with Gasteiger partial charge in [-0.2, -0.15) is 0 Å². The normalized spacial score (nSPS) is 11.7. The lowest BCUT2D eigenvalue weighted by molar-refractivity contribution is -0.110. The summed E-state index contributed by atoms with van der Waals surface area (Å²) >= 11 is 0. The molecule has 0 saturated carbocycles. The van der Waals surface area contributed by atoms with Crippen molar-refractivity contribution in [3.05, 3.63) is 53.6 Å². The first-order valence-electron chi connectivity index (χ1n) is 8.12. The van der Waals surface area contributed by atoms with Gasteiger partial charge in [0.05, 0.1) is 12.3 Å². The molecule has 2 aromatic carbocycles. The van der Waals surface area contributed by atoms with Gasteiger partial charge in [0.2, 0.25) is 12.8 Å². The lowest BCUT2D eigenvalue weighted by Gasteiger charge is -2.21. The van der Waals surface area contributed by atoms with E-state index >= 15 is 0 Å². The van der Waals surface area contributed by atoms with Crippen molar-refractivity contribution in [2.45, 2.75) is 26.0 Å². The van der Waals surface area contributed by atoms with Crippen molar-refractivity contribution in [1.29, 1.82) is 0 Å². The molecule has 0 spiro atoms. The van der Waals surface area contributed by atoms with Crippen LogP contribution in [0.5, 0.6) is 0 Å². The van der Waals surface area contributed by atoms with Crippen LogP contribution in [0.15, 0.2) is 36.4 Å². The summed E-state index contributed by atoms with van der Waals surface area (Å²) in [5.74, 6) is -2.23. The minimum Gasteiger partial charge on any atom is -0.392 e. The second kappa shape index (κ2) is 9.05. The van der Waals surface area contributed by atoms with E-state index in [9.17, 15) is 23.5 Å². The SMILES string of the molecule is CC(CCN(C=O)c1ccc(-c2ccccc2CO)c(F)c1F)NC=O. The Morgan fingerprint density at radius 3 is 2.50 bits per heavy atom. The van der Waals surface area contributed by atoms with E-state index in [1.54, 1.807) is 31.2 Å². The first-order valence-corrected chi connectivity index (χ1v) is 8.12. The number of halogens is 2. The number of anilines is 1. The first kappa shape index (κ1) is 19.5. The van der Waals surface area contributed by atoms with Gasteiger partial charge >= 0.3 is 0 Å². The molecule has 2 N–H and O–H groups in total. The summed E-state index contributed by atoms with van der Waals surface area (Å²) in [4.78, 5) is 22.8. The minimum atomic E-state index is -1.14. The summed E-state index contributed by atoms with van der Waals surface area (Å²) in [5.41, 5.74) is 0.692. The Balaban J connectivity index is 2.33. The zero-order valence-electron chi connectivity index (χ0n) is 14.3. The fourth-order valence-electron chi connectivity index (χ4n) is 2.65. The molecule has 138 valence electrons. The van der Waals surface area contributed by atoms with Gasteiger partial charge < -0.3 is 15.3 Å². The van der Waals surface area contributed by atoms with Crippen LogP contribution in [0.1, 0.15) is 18.9 Å². The number of carbonyl (C=O) groups excluding carboxylic acids is 2. The van der Waals surface area contributed by atoms with Crippen LogP contribution in [0.25, 0.3) is 11.1 Å². The Hall–Kier alpha value is -2.80. The molecule has 2 amide bonds. The molecule has 0 radical (unpaired) electrons. The predicted octanol–water partition coefficient (Wildman–Crippen LogP) is 2.61. The van der Waals surface area contributed by atoms with Crippen LogP contribution in [-0.4, -0.2) is 30.5 Å². The summed E-state index contributed by atoms with van der Waals surface area (Å²) in [5, 5.41) is 11.9. The Bertz CT molecular complexity index is 783. The second-order valence-electron chi connectivity index (χ2n) is 5.85. The number of hydrogen-bond donors (Lipinski definition) is 2. The lowest BCUT2D eigenvalue weighted by atomic mass is 9.99. The fraction of sp³-hybridized carbons (Fsp3) is 0.263. The molecular weight excluding hydrogens is 342 g/mol. The van der Waals surface area contributed by atoms with Crippen LogP contribution in [0, 0.1) is 11.6 Å². The highest BCUT2D eigenvalue weighted by molar-refractivity contribution is 5.78. The lowest BCUT2D eigenvalue weighted by Crippen LogP contribution is -2.31. The van der Waals surface area contributed by atoms with Gasteiger partial charge in [-0.05, 0) is 36.6 Å². The maximum absolute atomic E-state index is 14.6. The summed E-state index contributed by atoms with van der Waals surface area (Å²) < 4.78 is 29.2. The third-order valence-corrected chi connectivity index (χ3v) is 4.13. The Kier molecular flexibility index (Phi) is 6.80. The summed E-state index contributed by atoms with van der Waals surface area (Å²) in [6, 6.07) is 9.07. The molecule has 2 aromatic rings. The molecule has 0 saturated heterocycles. The number of amides is 2. The van der Waals surface area contributed by atoms with Crippen molar-refractivity contribution in [3.8, 4) is 11.1 Å². The minimum absolute atomic E-state index is 0.0118. The fourth-order valence-corrected chi connectivity index (χ4v) is 2.65. The molecule has 2 rings (SSSR count). The smallest absolute Gasteiger partial charge is 0.214 e. The molecule has 0 aliphatic carbocycles. The zero-order valence-corrected chi connectivity index (χ0v) is 14.3. The maximum atomic E-state index is 14.6. The number of aliphatic hydroxyl groups is 1. The molecule has 26 heavy (non-hydrogen) atoms. The second-order valence-corrected chi connectivity index (χ2v) is 5.85. The van der Waals surface area contributed by atoms with Crippen molar-refractivity contribution in [3.63, 3.8) is 0 Å². The van der Waals surface area contributed by atoms with Crippen LogP contribution < -0.4 is 10.2 Å². The van der Waals surface area contributed by atoms with E-state index in [2.05, 4.69) is 5.32 Å². The first-order chi connectivity index (χ1) is 12.5. The predicted molar refractivity (Wildman–Crippen MR) is 94.4 cm³/mol. The third kappa shape index (κ3) is 4.23. The highest BCUT2D eigenvalue weighted by Gasteiger charge is 2.20. The standard InChI is InChI=1S/C19H20F2N2O3/c1-13(22-11-25)8-9-23(12-26)17-7-6-16(18(20)19(17)21)15-5-3-2-4-14(15)10-24/h2-7,11-13,24H,8-10H2,1H3,(H,22,25). The molecule has 7 heteroatoms. The van der Waals surface area contributed by atoms with Gasteiger partial charge in [-0.3, -0.25) is 9.59 Å². The van der Waals surface area contributed by atoms with Gasteiger partial charge in [0.1, 0.15) is 0 Å². The Morgan fingerprint density at radius 2 is 1.85 bits per heavy atom. The number of hydrogen-bond acceptors (Lipinski definition) is 3. The van der Waals surface area contributed by atoms with Gasteiger partial charge in [-0.15, -0.1) is 0 Å². The van der Waals surface area contributed by atoms with E-state index in [1.165, 1.54) is 12.1 Å². The van der Waals surface area contributed by atoms with Gasteiger partial charge in [-0.1, -0.05) is 24.3 Å². The number of nitrogens with one attached hydrogen (secondary N) is 1. The maximum Gasteiger partial charge on any atom is 0.214 e.